The molecule has 0 saturated carbocycles. The summed E-state index contributed by atoms with van der Waals surface area (Å²) < 4.78 is 5.47. The number of aliphatic carboxylic acids is 1. The summed E-state index contributed by atoms with van der Waals surface area (Å²) in [6, 6.07) is 26.3. The quantitative estimate of drug-likeness (QED) is 0.350. The second kappa shape index (κ2) is 11.2. The maximum Gasteiger partial charge on any atom is 0.304 e. The molecule has 3 aromatic carbocycles. The van der Waals surface area contributed by atoms with Crippen molar-refractivity contribution in [1.82, 2.24) is 15.5 Å². The highest BCUT2D eigenvalue weighted by Gasteiger charge is 2.11. The van der Waals surface area contributed by atoms with Crippen LogP contribution in [0.15, 0.2) is 83.4 Å². The first kappa shape index (κ1) is 23.2. The maximum atomic E-state index is 10.5. The van der Waals surface area contributed by atoms with Crippen LogP contribution in [0.2, 0.25) is 0 Å². The number of hydrogen-bond donors (Lipinski definition) is 2. The molecule has 0 unspecified atom stereocenters. The topological polar surface area (TPSA) is 88.2 Å². The summed E-state index contributed by atoms with van der Waals surface area (Å²) in [6.45, 7) is 1.05. The predicted octanol–water partition coefficient (Wildman–Crippen LogP) is 4.98. The minimum atomic E-state index is -0.804. The van der Waals surface area contributed by atoms with Crippen LogP contribution in [0.1, 0.15) is 23.1 Å². The van der Waals surface area contributed by atoms with Gasteiger partial charge in [0, 0.05) is 24.2 Å². The van der Waals surface area contributed by atoms with Gasteiger partial charge in [-0.15, -0.1) is 12.4 Å². The number of carbonyl (C=O) groups is 1. The lowest BCUT2D eigenvalue weighted by Crippen LogP contribution is -2.17. The Morgan fingerprint density at radius 1 is 0.844 bits per heavy atom. The first-order valence-corrected chi connectivity index (χ1v) is 10.2. The number of carboxylic acid groups (broad SMARTS) is 1. The first-order valence-electron chi connectivity index (χ1n) is 10.2. The predicted molar refractivity (Wildman–Crippen MR) is 126 cm³/mol. The number of nitrogens with zero attached hydrogens (tertiary/aromatic N) is 2. The monoisotopic (exact) mass is 449 g/mol. The van der Waals surface area contributed by atoms with E-state index in [9.17, 15) is 4.79 Å². The summed E-state index contributed by atoms with van der Waals surface area (Å²) in [5, 5.41) is 15.9. The van der Waals surface area contributed by atoms with Gasteiger partial charge in [-0.3, -0.25) is 4.79 Å². The van der Waals surface area contributed by atoms with Gasteiger partial charge in [-0.25, -0.2) is 0 Å². The molecule has 0 amide bonds. The molecule has 0 fully saturated rings. The molecule has 0 atom stereocenters. The van der Waals surface area contributed by atoms with Gasteiger partial charge in [0.1, 0.15) is 0 Å². The molecular weight excluding hydrogens is 426 g/mol. The number of rotatable bonds is 9. The second-order valence-electron chi connectivity index (χ2n) is 7.30. The van der Waals surface area contributed by atoms with E-state index in [2.05, 4.69) is 39.7 Å². The number of aromatic nitrogens is 2. The lowest BCUT2D eigenvalue weighted by atomic mass is 10.0. The minimum absolute atomic E-state index is 0. The minimum Gasteiger partial charge on any atom is -0.481 e. The molecule has 4 rings (SSSR count). The molecule has 164 valence electrons. The Bertz CT molecular complexity index is 1130. The Hall–Kier alpha value is -3.48. The summed E-state index contributed by atoms with van der Waals surface area (Å²) in [7, 11) is 0. The van der Waals surface area contributed by atoms with Gasteiger partial charge < -0.3 is 14.9 Å². The van der Waals surface area contributed by atoms with Crippen molar-refractivity contribution in [3.05, 3.63) is 95.6 Å². The highest BCUT2D eigenvalue weighted by molar-refractivity contribution is 5.85. The zero-order valence-electron chi connectivity index (χ0n) is 17.4. The highest BCUT2D eigenvalue weighted by atomic mass is 35.5. The summed E-state index contributed by atoms with van der Waals surface area (Å²) >= 11 is 0. The van der Waals surface area contributed by atoms with Crippen LogP contribution in [-0.4, -0.2) is 27.8 Å². The van der Waals surface area contributed by atoms with Crippen molar-refractivity contribution < 1.29 is 14.4 Å². The largest absolute Gasteiger partial charge is 0.481 e. The van der Waals surface area contributed by atoms with E-state index in [1.807, 2.05) is 54.6 Å². The van der Waals surface area contributed by atoms with Gasteiger partial charge in [0.15, 0.2) is 0 Å². The van der Waals surface area contributed by atoms with Crippen molar-refractivity contribution in [3.8, 4) is 22.8 Å². The Morgan fingerprint density at radius 2 is 1.47 bits per heavy atom. The first-order chi connectivity index (χ1) is 15.2. The molecule has 0 spiro atoms. The van der Waals surface area contributed by atoms with Gasteiger partial charge in [0.2, 0.25) is 5.82 Å². The van der Waals surface area contributed by atoms with Crippen molar-refractivity contribution >= 4 is 18.4 Å². The lowest BCUT2D eigenvalue weighted by molar-refractivity contribution is -0.136. The van der Waals surface area contributed by atoms with Gasteiger partial charge >= 0.3 is 5.97 Å². The maximum absolute atomic E-state index is 10.5. The Labute approximate surface area is 192 Å². The Morgan fingerprint density at radius 3 is 2.16 bits per heavy atom. The molecule has 0 saturated heterocycles. The molecular formula is C25H24ClN3O3. The van der Waals surface area contributed by atoms with Crippen LogP contribution in [0.3, 0.4) is 0 Å². The highest BCUT2D eigenvalue weighted by Crippen LogP contribution is 2.23. The number of benzene rings is 3. The summed E-state index contributed by atoms with van der Waals surface area (Å²) in [6.07, 6.45) is 0.991. The van der Waals surface area contributed by atoms with Crippen molar-refractivity contribution in [3.63, 3.8) is 0 Å². The van der Waals surface area contributed by atoms with E-state index in [1.165, 1.54) is 11.1 Å². The SMILES string of the molecule is Cl.O=C(O)CCNCc1ccc(-c2noc(-c3ccc(Cc4ccccc4)cc3)n2)cc1. The van der Waals surface area contributed by atoms with E-state index in [1.54, 1.807) is 0 Å². The average molecular weight is 450 g/mol. The standard InChI is InChI=1S/C25H23N3O3.ClH/c29-23(30)14-15-26-17-20-8-10-21(11-9-20)24-27-25(31-28-24)22-12-6-19(7-13-22)16-18-4-2-1-3-5-18;/h1-13,26H,14-17H2,(H,29,30);1H. The third kappa shape index (κ3) is 6.26. The van der Waals surface area contributed by atoms with Gasteiger partial charge in [0.05, 0.1) is 6.42 Å². The summed E-state index contributed by atoms with van der Waals surface area (Å²) in [5.74, 6) is 0.219. The molecule has 0 aliphatic carbocycles. The van der Waals surface area contributed by atoms with E-state index >= 15 is 0 Å². The van der Waals surface area contributed by atoms with E-state index < -0.39 is 5.97 Å². The average Bonchev–Trinajstić information content (AvgIpc) is 3.29. The van der Waals surface area contributed by atoms with Crippen LogP contribution in [0.5, 0.6) is 0 Å². The summed E-state index contributed by atoms with van der Waals surface area (Å²) in [5.41, 5.74) is 5.31. The molecule has 32 heavy (non-hydrogen) atoms. The zero-order chi connectivity index (χ0) is 21.5. The van der Waals surface area contributed by atoms with Crippen molar-refractivity contribution in [2.45, 2.75) is 19.4 Å². The van der Waals surface area contributed by atoms with E-state index in [0.29, 0.717) is 24.8 Å². The van der Waals surface area contributed by atoms with Gasteiger partial charge in [0.25, 0.3) is 5.89 Å². The molecule has 1 heterocycles. The molecule has 6 nitrogen and oxygen atoms in total. The van der Waals surface area contributed by atoms with Gasteiger partial charge in [-0.1, -0.05) is 71.9 Å². The van der Waals surface area contributed by atoms with E-state index in [4.69, 9.17) is 9.63 Å². The fraction of sp³-hybridized carbons (Fsp3) is 0.160. The summed E-state index contributed by atoms with van der Waals surface area (Å²) in [4.78, 5) is 15.1. The zero-order valence-corrected chi connectivity index (χ0v) is 18.2. The van der Waals surface area contributed by atoms with E-state index in [-0.39, 0.29) is 18.8 Å². The molecule has 2 N–H and O–H groups in total. The molecule has 0 aliphatic rings. The molecule has 0 radical (unpaired) electrons. The normalized spacial score (nSPS) is 10.5. The van der Waals surface area contributed by atoms with Crippen LogP contribution in [0.25, 0.3) is 22.8 Å². The molecule has 0 aliphatic heterocycles. The number of halogens is 1. The number of nitrogens with one attached hydrogen (secondary N) is 1. The Balaban J connectivity index is 0.00000289. The van der Waals surface area contributed by atoms with E-state index in [0.717, 1.165) is 23.1 Å². The number of carboxylic acids is 1. The smallest absolute Gasteiger partial charge is 0.304 e. The van der Waals surface area contributed by atoms with Crippen molar-refractivity contribution in [1.29, 1.82) is 0 Å². The third-order valence-electron chi connectivity index (χ3n) is 4.93. The van der Waals surface area contributed by atoms with Crippen LogP contribution in [0, 0.1) is 0 Å². The van der Waals surface area contributed by atoms with Crippen molar-refractivity contribution in [2.75, 3.05) is 6.54 Å². The molecule has 4 aromatic rings. The van der Waals surface area contributed by atoms with Gasteiger partial charge in [-0.2, -0.15) is 4.98 Å². The van der Waals surface area contributed by atoms with Crippen LogP contribution >= 0.6 is 12.4 Å². The fourth-order valence-electron chi connectivity index (χ4n) is 3.25. The van der Waals surface area contributed by atoms with Crippen molar-refractivity contribution in [2.24, 2.45) is 0 Å². The number of hydrogen-bond acceptors (Lipinski definition) is 5. The fourth-order valence-corrected chi connectivity index (χ4v) is 3.25. The third-order valence-corrected chi connectivity index (χ3v) is 4.93. The van der Waals surface area contributed by atoms with Crippen LogP contribution in [-0.2, 0) is 17.8 Å². The Kier molecular flexibility index (Phi) is 8.14. The van der Waals surface area contributed by atoms with Gasteiger partial charge in [-0.05, 0) is 35.2 Å². The molecule has 0 bridgehead atoms. The second-order valence-corrected chi connectivity index (χ2v) is 7.30. The molecule has 7 heteroatoms. The lowest BCUT2D eigenvalue weighted by Gasteiger charge is -2.04. The molecule has 1 aromatic heterocycles. The van der Waals surface area contributed by atoms with Crippen LogP contribution in [0.4, 0.5) is 0 Å². The van der Waals surface area contributed by atoms with Crippen LogP contribution < -0.4 is 5.32 Å².